The first-order chi connectivity index (χ1) is 15.4. The van der Waals surface area contributed by atoms with E-state index >= 15 is 0 Å². The zero-order chi connectivity index (χ0) is 22.7. The Morgan fingerprint density at radius 2 is 1.84 bits per heavy atom. The van der Waals surface area contributed by atoms with Crippen molar-refractivity contribution in [3.8, 4) is 5.69 Å². The van der Waals surface area contributed by atoms with Crippen LogP contribution >= 0.6 is 35.0 Å². The predicted molar refractivity (Wildman–Crippen MR) is 130 cm³/mol. The van der Waals surface area contributed by atoms with Crippen LogP contribution in [-0.4, -0.2) is 52.2 Å². The highest BCUT2D eigenvalue weighted by Gasteiger charge is 2.25. The molecule has 168 valence electrons. The zero-order valence-electron chi connectivity index (χ0n) is 17.7. The van der Waals surface area contributed by atoms with Gasteiger partial charge in [-0.2, -0.15) is 0 Å². The molecule has 32 heavy (non-hydrogen) atoms. The number of halogens is 2. The number of amides is 1. The third-order valence-corrected chi connectivity index (χ3v) is 6.92. The van der Waals surface area contributed by atoms with Crippen molar-refractivity contribution in [1.82, 2.24) is 14.8 Å². The number of aryl methyl sites for hydroxylation is 1. The summed E-state index contributed by atoms with van der Waals surface area (Å²) in [6.07, 6.45) is 0. The first-order valence-corrected chi connectivity index (χ1v) is 11.8. The molecule has 1 atom stereocenters. The number of carbonyl (C=O) groups excluding carboxylic acids is 1. The summed E-state index contributed by atoms with van der Waals surface area (Å²) in [4.78, 5) is 15.0. The molecule has 1 N–H and O–H groups in total. The molecule has 2 heterocycles. The number of thioether (sulfide) groups is 1. The van der Waals surface area contributed by atoms with Crippen molar-refractivity contribution < 1.29 is 9.53 Å². The highest BCUT2D eigenvalue weighted by atomic mass is 35.5. The predicted octanol–water partition coefficient (Wildman–Crippen LogP) is 4.84. The fourth-order valence-electron chi connectivity index (χ4n) is 3.27. The fraction of sp³-hybridized carbons (Fsp3) is 0.318. The van der Waals surface area contributed by atoms with Gasteiger partial charge in [0.25, 0.3) is 0 Å². The molecule has 2 aromatic carbocycles. The van der Waals surface area contributed by atoms with E-state index < -0.39 is 5.25 Å². The van der Waals surface area contributed by atoms with Crippen LogP contribution in [-0.2, 0) is 9.53 Å². The van der Waals surface area contributed by atoms with Crippen LogP contribution in [0.15, 0.2) is 47.6 Å². The SMILES string of the molecule is Cc1ccc(-n2c(SC(C)C(=O)Nc3cccc(Cl)c3Cl)nnc2N2CCOCC2)cc1. The number of carbonyl (C=O) groups is 1. The van der Waals surface area contributed by atoms with Crippen molar-refractivity contribution in [2.45, 2.75) is 24.3 Å². The molecule has 10 heteroatoms. The smallest absolute Gasteiger partial charge is 0.237 e. The molecule has 1 amide bonds. The molecule has 1 fully saturated rings. The lowest BCUT2D eigenvalue weighted by Gasteiger charge is -2.28. The number of benzene rings is 2. The van der Waals surface area contributed by atoms with Crippen LogP contribution in [0, 0.1) is 6.92 Å². The molecule has 0 spiro atoms. The molecule has 4 rings (SSSR count). The van der Waals surface area contributed by atoms with Crippen LogP contribution in [0.3, 0.4) is 0 Å². The number of hydrogen-bond acceptors (Lipinski definition) is 6. The molecule has 0 bridgehead atoms. The van der Waals surface area contributed by atoms with E-state index in [4.69, 9.17) is 27.9 Å². The molecule has 1 saturated heterocycles. The minimum atomic E-state index is -0.448. The third-order valence-electron chi connectivity index (χ3n) is 5.06. The second-order valence-electron chi connectivity index (χ2n) is 7.40. The molecule has 0 radical (unpaired) electrons. The quantitative estimate of drug-likeness (QED) is 0.497. The number of hydrogen-bond donors (Lipinski definition) is 1. The molecule has 0 saturated carbocycles. The van der Waals surface area contributed by atoms with Gasteiger partial charge in [-0.05, 0) is 38.1 Å². The van der Waals surface area contributed by atoms with E-state index in [1.165, 1.54) is 11.8 Å². The lowest BCUT2D eigenvalue weighted by molar-refractivity contribution is -0.115. The maximum Gasteiger partial charge on any atom is 0.237 e. The van der Waals surface area contributed by atoms with Gasteiger partial charge in [0.15, 0.2) is 5.16 Å². The van der Waals surface area contributed by atoms with Gasteiger partial charge in [0.1, 0.15) is 0 Å². The van der Waals surface area contributed by atoms with Gasteiger partial charge < -0.3 is 15.0 Å². The summed E-state index contributed by atoms with van der Waals surface area (Å²) < 4.78 is 7.47. The van der Waals surface area contributed by atoms with E-state index in [0.29, 0.717) is 34.1 Å². The van der Waals surface area contributed by atoms with Crippen molar-refractivity contribution in [2.75, 3.05) is 36.5 Å². The Balaban J connectivity index is 1.59. The van der Waals surface area contributed by atoms with Gasteiger partial charge >= 0.3 is 0 Å². The second-order valence-corrected chi connectivity index (χ2v) is 9.50. The fourth-order valence-corrected chi connectivity index (χ4v) is 4.48. The van der Waals surface area contributed by atoms with Crippen LogP contribution in [0.1, 0.15) is 12.5 Å². The van der Waals surface area contributed by atoms with Crippen LogP contribution < -0.4 is 10.2 Å². The lowest BCUT2D eigenvalue weighted by Crippen LogP contribution is -2.38. The largest absolute Gasteiger partial charge is 0.378 e. The number of morpholine rings is 1. The van der Waals surface area contributed by atoms with Crippen LogP contribution in [0.25, 0.3) is 5.69 Å². The zero-order valence-corrected chi connectivity index (χ0v) is 20.0. The number of nitrogens with zero attached hydrogens (tertiary/aromatic N) is 4. The summed E-state index contributed by atoms with van der Waals surface area (Å²) in [5.41, 5.74) is 2.58. The first kappa shape index (κ1) is 22.9. The van der Waals surface area contributed by atoms with Gasteiger partial charge in [0.2, 0.25) is 11.9 Å². The van der Waals surface area contributed by atoms with Crippen molar-refractivity contribution >= 4 is 52.5 Å². The Morgan fingerprint density at radius 1 is 1.12 bits per heavy atom. The maximum atomic E-state index is 12.9. The number of rotatable bonds is 6. The Morgan fingerprint density at radius 3 is 2.56 bits per heavy atom. The van der Waals surface area contributed by atoms with Gasteiger partial charge in [-0.3, -0.25) is 9.36 Å². The summed E-state index contributed by atoms with van der Waals surface area (Å²) in [7, 11) is 0. The standard InChI is InChI=1S/C22H23Cl2N5O2S/c1-14-6-8-16(9-7-14)29-21(28-10-12-31-13-11-28)26-27-22(29)32-15(2)20(30)25-18-5-3-4-17(23)19(18)24/h3-9,15H,10-13H2,1-2H3,(H,25,30). The molecular formula is C22H23Cl2N5O2S. The average Bonchev–Trinajstić information content (AvgIpc) is 3.21. The molecule has 1 aliphatic heterocycles. The molecule has 3 aromatic rings. The Hall–Kier alpha value is -2.26. The average molecular weight is 492 g/mol. The summed E-state index contributed by atoms with van der Waals surface area (Å²) in [6, 6.07) is 13.3. The summed E-state index contributed by atoms with van der Waals surface area (Å²) >= 11 is 13.6. The van der Waals surface area contributed by atoms with E-state index in [1.807, 2.05) is 42.7 Å². The topological polar surface area (TPSA) is 72.3 Å². The summed E-state index contributed by atoms with van der Waals surface area (Å²) in [5, 5.41) is 12.6. The monoisotopic (exact) mass is 491 g/mol. The van der Waals surface area contributed by atoms with Gasteiger partial charge in [0, 0.05) is 13.1 Å². The lowest BCUT2D eigenvalue weighted by atomic mass is 10.2. The summed E-state index contributed by atoms with van der Waals surface area (Å²) in [5.74, 6) is 0.538. The molecular weight excluding hydrogens is 469 g/mol. The Labute approximate surface area is 201 Å². The number of ether oxygens (including phenoxy) is 1. The van der Waals surface area contributed by atoms with Crippen LogP contribution in [0.4, 0.5) is 11.6 Å². The molecule has 1 unspecified atom stereocenters. The van der Waals surface area contributed by atoms with Crippen LogP contribution in [0.2, 0.25) is 10.0 Å². The molecule has 1 aliphatic rings. The van der Waals surface area contributed by atoms with E-state index in [9.17, 15) is 4.79 Å². The van der Waals surface area contributed by atoms with Gasteiger partial charge in [0.05, 0.1) is 39.9 Å². The molecule has 7 nitrogen and oxygen atoms in total. The van der Waals surface area contributed by atoms with E-state index in [1.54, 1.807) is 18.2 Å². The van der Waals surface area contributed by atoms with Gasteiger partial charge in [-0.15, -0.1) is 10.2 Å². The second kappa shape index (κ2) is 10.1. The van der Waals surface area contributed by atoms with E-state index in [-0.39, 0.29) is 5.91 Å². The van der Waals surface area contributed by atoms with Gasteiger partial charge in [-0.25, -0.2) is 0 Å². The minimum absolute atomic E-state index is 0.203. The summed E-state index contributed by atoms with van der Waals surface area (Å²) in [6.45, 7) is 6.61. The molecule has 1 aromatic heterocycles. The van der Waals surface area contributed by atoms with Crippen molar-refractivity contribution in [3.05, 3.63) is 58.1 Å². The Bertz CT molecular complexity index is 1100. The Kier molecular flexibility index (Phi) is 7.25. The number of anilines is 2. The van der Waals surface area contributed by atoms with Crippen LogP contribution in [0.5, 0.6) is 0 Å². The minimum Gasteiger partial charge on any atom is -0.378 e. The van der Waals surface area contributed by atoms with E-state index in [0.717, 1.165) is 30.3 Å². The third kappa shape index (κ3) is 5.04. The number of nitrogens with one attached hydrogen (secondary N) is 1. The van der Waals surface area contributed by atoms with Gasteiger partial charge in [-0.1, -0.05) is 58.7 Å². The maximum absolute atomic E-state index is 12.9. The molecule has 0 aliphatic carbocycles. The van der Waals surface area contributed by atoms with E-state index in [2.05, 4.69) is 20.4 Å². The van der Waals surface area contributed by atoms with Crippen molar-refractivity contribution in [3.63, 3.8) is 0 Å². The highest BCUT2D eigenvalue weighted by Crippen LogP contribution is 2.32. The highest BCUT2D eigenvalue weighted by molar-refractivity contribution is 8.00. The normalized spacial score (nSPS) is 14.9. The van der Waals surface area contributed by atoms with Crippen molar-refractivity contribution in [1.29, 1.82) is 0 Å². The first-order valence-electron chi connectivity index (χ1n) is 10.2. The van der Waals surface area contributed by atoms with Crippen molar-refractivity contribution in [2.24, 2.45) is 0 Å². The number of aromatic nitrogens is 3.